The van der Waals surface area contributed by atoms with Gasteiger partial charge in [0.15, 0.2) is 0 Å². The summed E-state index contributed by atoms with van der Waals surface area (Å²) in [6.07, 6.45) is 5.93. The Morgan fingerprint density at radius 1 is 1.50 bits per heavy atom. The number of hydrogen-bond acceptors (Lipinski definition) is 6. The van der Waals surface area contributed by atoms with Crippen LogP contribution in [0.1, 0.15) is 18.7 Å². The standard InChI is InChI=1S/C10H15N5O/c1-7-13-9(11)15-10(14-7)12-5-4-8-3-2-6-16-8/h2,6,8H,3-5H2,1H3,(H3,11,12,13,14,15). The number of nitrogens with two attached hydrogens (primary N) is 1. The third kappa shape index (κ3) is 2.82. The maximum absolute atomic E-state index is 5.52. The third-order valence-corrected chi connectivity index (χ3v) is 2.28. The predicted molar refractivity (Wildman–Crippen MR) is 60.7 cm³/mol. The fourth-order valence-electron chi connectivity index (χ4n) is 1.54. The predicted octanol–water partition coefficient (Wildman–Crippen LogP) is 0.867. The van der Waals surface area contributed by atoms with Crippen LogP contribution in [-0.4, -0.2) is 27.6 Å². The minimum atomic E-state index is 0.244. The van der Waals surface area contributed by atoms with Crippen LogP contribution in [0.5, 0.6) is 0 Å². The number of nitrogens with zero attached hydrogens (tertiary/aromatic N) is 3. The lowest BCUT2D eigenvalue weighted by atomic mass is 10.2. The molecule has 0 radical (unpaired) electrons. The molecule has 1 atom stereocenters. The van der Waals surface area contributed by atoms with Gasteiger partial charge in [-0.2, -0.15) is 15.0 Å². The van der Waals surface area contributed by atoms with Crippen LogP contribution < -0.4 is 11.1 Å². The highest BCUT2D eigenvalue weighted by atomic mass is 16.5. The molecule has 2 heterocycles. The maximum atomic E-state index is 5.52. The number of nitrogen functional groups attached to an aromatic ring is 1. The van der Waals surface area contributed by atoms with Crippen molar-refractivity contribution in [2.24, 2.45) is 0 Å². The number of hydrogen-bond donors (Lipinski definition) is 2. The van der Waals surface area contributed by atoms with Gasteiger partial charge in [0, 0.05) is 19.4 Å². The van der Waals surface area contributed by atoms with E-state index in [1.54, 1.807) is 13.2 Å². The fourth-order valence-corrected chi connectivity index (χ4v) is 1.54. The fraction of sp³-hybridized carbons (Fsp3) is 0.500. The first kappa shape index (κ1) is 10.7. The quantitative estimate of drug-likeness (QED) is 0.784. The Morgan fingerprint density at radius 2 is 2.38 bits per heavy atom. The van der Waals surface area contributed by atoms with Crippen molar-refractivity contribution in [1.82, 2.24) is 15.0 Å². The highest BCUT2D eigenvalue weighted by Gasteiger charge is 2.10. The first-order valence-electron chi connectivity index (χ1n) is 5.26. The Morgan fingerprint density at radius 3 is 3.06 bits per heavy atom. The molecule has 0 aromatic carbocycles. The molecule has 0 amide bonds. The summed E-state index contributed by atoms with van der Waals surface area (Å²) in [5.74, 6) is 1.39. The lowest BCUT2D eigenvalue weighted by Crippen LogP contribution is -2.14. The van der Waals surface area contributed by atoms with Crippen molar-refractivity contribution in [3.8, 4) is 0 Å². The Hall–Kier alpha value is -1.85. The number of aryl methyl sites for hydroxylation is 1. The van der Waals surface area contributed by atoms with Gasteiger partial charge in [0.25, 0.3) is 0 Å². The normalized spacial score (nSPS) is 18.4. The first-order chi connectivity index (χ1) is 7.74. The van der Waals surface area contributed by atoms with Crippen molar-refractivity contribution in [2.45, 2.75) is 25.9 Å². The summed E-state index contributed by atoms with van der Waals surface area (Å²) < 4.78 is 5.34. The van der Waals surface area contributed by atoms with E-state index in [4.69, 9.17) is 10.5 Å². The van der Waals surface area contributed by atoms with Gasteiger partial charge >= 0.3 is 0 Å². The van der Waals surface area contributed by atoms with Crippen LogP contribution in [-0.2, 0) is 4.74 Å². The van der Waals surface area contributed by atoms with Gasteiger partial charge in [-0.3, -0.25) is 0 Å². The molecular weight excluding hydrogens is 206 g/mol. The van der Waals surface area contributed by atoms with Gasteiger partial charge in [-0.15, -0.1) is 0 Å². The molecule has 0 fully saturated rings. The van der Waals surface area contributed by atoms with E-state index in [9.17, 15) is 0 Å². The number of aromatic nitrogens is 3. The summed E-state index contributed by atoms with van der Waals surface area (Å²) in [5.41, 5.74) is 5.52. The highest BCUT2D eigenvalue weighted by molar-refractivity contribution is 5.30. The molecule has 1 aliphatic rings. The molecule has 2 rings (SSSR count). The molecule has 0 saturated carbocycles. The minimum absolute atomic E-state index is 0.244. The zero-order valence-corrected chi connectivity index (χ0v) is 9.18. The SMILES string of the molecule is Cc1nc(N)nc(NCCC2CC=CO2)n1. The average molecular weight is 221 g/mol. The smallest absolute Gasteiger partial charge is 0.227 e. The molecule has 6 heteroatoms. The van der Waals surface area contributed by atoms with Gasteiger partial charge < -0.3 is 15.8 Å². The number of anilines is 2. The Kier molecular flexibility index (Phi) is 3.19. The van der Waals surface area contributed by atoms with Crippen LogP contribution in [0.15, 0.2) is 12.3 Å². The van der Waals surface area contributed by atoms with Crippen LogP contribution in [0.25, 0.3) is 0 Å². The van der Waals surface area contributed by atoms with Crippen molar-refractivity contribution in [3.05, 3.63) is 18.2 Å². The molecular formula is C10H15N5O. The monoisotopic (exact) mass is 221 g/mol. The zero-order chi connectivity index (χ0) is 11.4. The van der Waals surface area contributed by atoms with Crippen LogP contribution in [0.3, 0.4) is 0 Å². The number of nitrogens with one attached hydrogen (secondary N) is 1. The van der Waals surface area contributed by atoms with E-state index in [2.05, 4.69) is 20.3 Å². The third-order valence-electron chi connectivity index (χ3n) is 2.28. The second-order valence-corrected chi connectivity index (χ2v) is 3.65. The Balaban J connectivity index is 1.80. The summed E-state index contributed by atoms with van der Waals surface area (Å²) in [4.78, 5) is 12.0. The Labute approximate surface area is 94.0 Å². The molecule has 86 valence electrons. The second kappa shape index (κ2) is 4.78. The lowest BCUT2D eigenvalue weighted by molar-refractivity contribution is 0.165. The molecule has 6 nitrogen and oxygen atoms in total. The van der Waals surface area contributed by atoms with Gasteiger partial charge in [-0.1, -0.05) is 0 Å². The number of ether oxygens (including phenoxy) is 1. The van der Waals surface area contributed by atoms with E-state index in [-0.39, 0.29) is 12.1 Å². The van der Waals surface area contributed by atoms with E-state index < -0.39 is 0 Å². The van der Waals surface area contributed by atoms with Gasteiger partial charge in [0.2, 0.25) is 11.9 Å². The van der Waals surface area contributed by atoms with E-state index >= 15 is 0 Å². The largest absolute Gasteiger partial charge is 0.498 e. The second-order valence-electron chi connectivity index (χ2n) is 3.65. The van der Waals surface area contributed by atoms with E-state index in [0.29, 0.717) is 11.8 Å². The molecule has 0 bridgehead atoms. The van der Waals surface area contributed by atoms with E-state index in [0.717, 1.165) is 19.4 Å². The molecule has 16 heavy (non-hydrogen) atoms. The van der Waals surface area contributed by atoms with Crippen LogP contribution in [0, 0.1) is 6.92 Å². The van der Waals surface area contributed by atoms with Gasteiger partial charge in [0.1, 0.15) is 11.9 Å². The van der Waals surface area contributed by atoms with E-state index in [1.165, 1.54) is 0 Å². The molecule has 1 unspecified atom stereocenters. The van der Waals surface area contributed by atoms with Crippen LogP contribution in [0.4, 0.5) is 11.9 Å². The van der Waals surface area contributed by atoms with E-state index in [1.807, 2.05) is 6.08 Å². The van der Waals surface area contributed by atoms with Crippen molar-refractivity contribution in [3.63, 3.8) is 0 Å². The molecule has 1 aliphatic heterocycles. The van der Waals surface area contributed by atoms with Gasteiger partial charge in [-0.05, 0) is 13.0 Å². The van der Waals surface area contributed by atoms with Gasteiger partial charge in [0.05, 0.1) is 6.26 Å². The first-order valence-corrected chi connectivity index (χ1v) is 5.26. The summed E-state index contributed by atoms with van der Waals surface area (Å²) in [7, 11) is 0. The van der Waals surface area contributed by atoms with Crippen molar-refractivity contribution in [2.75, 3.05) is 17.6 Å². The molecule has 0 aliphatic carbocycles. The molecule has 3 N–H and O–H groups in total. The summed E-state index contributed by atoms with van der Waals surface area (Å²) >= 11 is 0. The van der Waals surface area contributed by atoms with Crippen molar-refractivity contribution < 1.29 is 4.74 Å². The Bertz CT molecular complexity index is 365. The lowest BCUT2D eigenvalue weighted by Gasteiger charge is -2.10. The van der Waals surface area contributed by atoms with Crippen molar-refractivity contribution in [1.29, 1.82) is 0 Å². The molecule has 1 aromatic heterocycles. The molecule has 1 aromatic rings. The maximum Gasteiger partial charge on any atom is 0.227 e. The van der Waals surface area contributed by atoms with Gasteiger partial charge in [-0.25, -0.2) is 0 Å². The van der Waals surface area contributed by atoms with Crippen molar-refractivity contribution >= 4 is 11.9 Å². The van der Waals surface area contributed by atoms with Crippen LogP contribution in [0.2, 0.25) is 0 Å². The summed E-state index contributed by atoms with van der Waals surface area (Å²) in [6, 6.07) is 0. The summed E-state index contributed by atoms with van der Waals surface area (Å²) in [6.45, 7) is 2.54. The topological polar surface area (TPSA) is 86.0 Å². The minimum Gasteiger partial charge on any atom is -0.498 e. The number of rotatable bonds is 4. The van der Waals surface area contributed by atoms with Crippen LogP contribution >= 0.6 is 0 Å². The zero-order valence-electron chi connectivity index (χ0n) is 9.18. The molecule has 0 spiro atoms. The molecule has 0 saturated heterocycles. The summed E-state index contributed by atoms with van der Waals surface area (Å²) in [5, 5.41) is 3.10. The average Bonchev–Trinajstić information content (AvgIpc) is 2.69. The highest BCUT2D eigenvalue weighted by Crippen LogP contribution is 2.12.